The zero-order valence-corrected chi connectivity index (χ0v) is 7.89. The highest BCUT2D eigenvalue weighted by Crippen LogP contribution is 2.33. The molecule has 2 aromatic rings. The van der Waals surface area contributed by atoms with E-state index in [4.69, 9.17) is 0 Å². The second-order valence-corrected chi connectivity index (χ2v) is 3.85. The van der Waals surface area contributed by atoms with E-state index in [-0.39, 0.29) is 5.75 Å². The Kier molecular flexibility index (Phi) is 1.81. The number of fused-ring (bicyclic) bond motifs is 1. The maximum Gasteiger partial charge on any atom is 0.151 e. The van der Waals surface area contributed by atoms with Crippen LogP contribution in [0.1, 0.15) is 15.9 Å². The molecule has 0 unspecified atom stereocenters. The maximum atomic E-state index is 10.6. The highest BCUT2D eigenvalue weighted by Gasteiger charge is 2.07. The molecule has 0 bridgehead atoms. The molecular weight excluding hydrogens is 184 g/mol. The van der Waals surface area contributed by atoms with E-state index >= 15 is 0 Å². The van der Waals surface area contributed by atoms with Gasteiger partial charge in [-0.25, -0.2) is 0 Å². The molecule has 2 nitrogen and oxygen atoms in total. The number of rotatable bonds is 1. The minimum Gasteiger partial charge on any atom is -0.506 e. The van der Waals surface area contributed by atoms with E-state index in [1.165, 1.54) is 11.3 Å². The van der Waals surface area contributed by atoms with E-state index in [9.17, 15) is 9.90 Å². The minimum atomic E-state index is 0.258. The largest absolute Gasteiger partial charge is 0.506 e. The van der Waals surface area contributed by atoms with Gasteiger partial charge in [0.25, 0.3) is 0 Å². The molecule has 0 aliphatic heterocycles. The molecule has 3 heteroatoms. The summed E-state index contributed by atoms with van der Waals surface area (Å²) in [6.07, 6.45) is 0.817. The molecule has 1 heterocycles. The molecule has 2 rings (SSSR count). The summed E-state index contributed by atoms with van der Waals surface area (Å²) in [5.41, 5.74) is 1.62. The van der Waals surface area contributed by atoms with Crippen LogP contribution in [0.4, 0.5) is 0 Å². The Labute approximate surface area is 79.4 Å². The number of aryl methyl sites for hydroxylation is 1. The molecule has 1 N–H and O–H groups in total. The number of benzene rings is 1. The Balaban J connectivity index is 2.89. The first kappa shape index (κ1) is 8.26. The summed E-state index contributed by atoms with van der Waals surface area (Å²) >= 11 is 1.39. The van der Waals surface area contributed by atoms with Gasteiger partial charge in [-0.3, -0.25) is 4.79 Å². The monoisotopic (exact) mass is 192 g/mol. The van der Waals surface area contributed by atoms with Gasteiger partial charge in [0, 0.05) is 16.3 Å². The Bertz CT molecular complexity index is 471. The van der Waals surface area contributed by atoms with Crippen LogP contribution >= 0.6 is 11.3 Å². The fourth-order valence-corrected chi connectivity index (χ4v) is 2.28. The van der Waals surface area contributed by atoms with Crippen LogP contribution < -0.4 is 0 Å². The van der Waals surface area contributed by atoms with Crippen LogP contribution in [0.25, 0.3) is 10.1 Å². The number of aromatic hydroxyl groups is 1. The van der Waals surface area contributed by atoms with Crippen LogP contribution in [-0.4, -0.2) is 11.4 Å². The van der Waals surface area contributed by atoms with Crippen LogP contribution in [0.2, 0.25) is 0 Å². The topological polar surface area (TPSA) is 37.3 Å². The number of carbonyl (C=O) groups excluding carboxylic acids is 1. The summed E-state index contributed by atoms with van der Waals surface area (Å²) in [6, 6.07) is 3.61. The lowest BCUT2D eigenvalue weighted by Crippen LogP contribution is -1.77. The van der Waals surface area contributed by atoms with E-state index in [2.05, 4.69) is 0 Å². The molecule has 13 heavy (non-hydrogen) atoms. The Morgan fingerprint density at radius 1 is 1.46 bits per heavy atom. The van der Waals surface area contributed by atoms with Crippen molar-refractivity contribution in [3.8, 4) is 5.75 Å². The summed E-state index contributed by atoms with van der Waals surface area (Å²) in [6.45, 7) is 1.89. The third kappa shape index (κ3) is 1.21. The fourth-order valence-electron chi connectivity index (χ4n) is 1.37. The van der Waals surface area contributed by atoms with Crippen molar-refractivity contribution in [3.05, 3.63) is 28.6 Å². The van der Waals surface area contributed by atoms with Gasteiger partial charge in [-0.05, 0) is 24.6 Å². The molecule has 0 atom stereocenters. The summed E-state index contributed by atoms with van der Waals surface area (Å²) in [7, 11) is 0. The highest BCUT2D eigenvalue weighted by atomic mass is 32.1. The molecule has 0 radical (unpaired) electrons. The number of phenolic OH excluding ortho intramolecular Hbond substituents is 1. The standard InChI is InChI=1S/C10H8O2S/c1-6-2-8-7(4-11)5-13-10(8)9(12)3-6/h2-5,12H,1H3. The van der Waals surface area contributed by atoms with Crippen LogP contribution in [0, 0.1) is 6.92 Å². The predicted molar refractivity (Wildman–Crippen MR) is 53.6 cm³/mol. The highest BCUT2D eigenvalue weighted by molar-refractivity contribution is 7.18. The molecule has 0 saturated heterocycles. The van der Waals surface area contributed by atoms with Gasteiger partial charge in [0.2, 0.25) is 0 Å². The van der Waals surface area contributed by atoms with E-state index in [1.807, 2.05) is 13.0 Å². The normalized spacial score (nSPS) is 10.5. The Morgan fingerprint density at radius 2 is 2.23 bits per heavy atom. The average Bonchev–Trinajstić information content (AvgIpc) is 2.47. The Hall–Kier alpha value is -1.35. The SMILES string of the molecule is Cc1cc(O)c2scc(C=O)c2c1. The van der Waals surface area contributed by atoms with E-state index in [0.717, 1.165) is 21.9 Å². The number of thiophene rings is 1. The van der Waals surface area contributed by atoms with Gasteiger partial charge in [0.15, 0.2) is 6.29 Å². The fraction of sp³-hybridized carbons (Fsp3) is 0.100. The van der Waals surface area contributed by atoms with E-state index in [1.54, 1.807) is 11.4 Å². The van der Waals surface area contributed by atoms with Crippen molar-refractivity contribution in [2.75, 3.05) is 0 Å². The summed E-state index contributed by atoms with van der Waals surface area (Å²) < 4.78 is 0.785. The van der Waals surface area contributed by atoms with Gasteiger partial charge in [-0.2, -0.15) is 0 Å². The zero-order chi connectivity index (χ0) is 9.42. The summed E-state index contributed by atoms with van der Waals surface area (Å²) in [5.74, 6) is 0.258. The molecule has 0 aliphatic carbocycles. The van der Waals surface area contributed by atoms with Crippen molar-refractivity contribution >= 4 is 27.7 Å². The molecule has 0 spiro atoms. The van der Waals surface area contributed by atoms with Gasteiger partial charge < -0.3 is 5.11 Å². The maximum absolute atomic E-state index is 10.6. The third-order valence-corrected chi connectivity index (χ3v) is 2.99. The first-order chi connectivity index (χ1) is 6.22. The van der Waals surface area contributed by atoms with Crippen molar-refractivity contribution in [1.29, 1.82) is 0 Å². The van der Waals surface area contributed by atoms with Crippen molar-refractivity contribution < 1.29 is 9.90 Å². The summed E-state index contributed by atoms with van der Waals surface area (Å²) in [5, 5.41) is 12.2. The van der Waals surface area contributed by atoms with Crippen molar-refractivity contribution in [2.45, 2.75) is 6.92 Å². The van der Waals surface area contributed by atoms with Crippen LogP contribution in [0.15, 0.2) is 17.5 Å². The quantitative estimate of drug-likeness (QED) is 0.705. The first-order valence-electron chi connectivity index (χ1n) is 3.88. The van der Waals surface area contributed by atoms with Crippen molar-refractivity contribution in [1.82, 2.24) is 0 Å². The number of carbonyl (C=O) groups is 1. The molecule has 1 aromatic heterocycles. The second-order valence-electron chi connectivity index (χ2n) is 2.97. The smallest absolute Gasteiger partial charge is 0.151 e. The van der Waals surface area contributed by atoms with Crippen molar-refractivity contribution in [2.24, 2.45) is 0 Å². The third-order valence-electron chi connectivity index (χ3n) is 1.96. The van der Waals surface area contributed by atoms with Gasteiger partial charge in [0.1, 0.15) is 5.75 Å². The number of hydrogen-bond acceptors (Lipinski definition) is 3. The second kappa shape index (κ2) is 2.85. The lowest BCUT2D eigenvalue weighted by Gasteiger charge is -1.97. The zero-order valence-electron chi connectivity index (χ0n) is 7.07. The number of phenols is 1. The van der Waals surface area contributed by atoms with Crippen LogP contribution in [0.3, 0.4) is 0 Å². The van der Waals surface area contributed by atoms with E-state index in [0.29, 0.717) is 5.56 Å². The van der Waals surface area contributed by atoms with E-state index < -0.39 is 0 Å². The Morgan fingerprint density at radius 3 is 2.92 bits per heavy atom. The predicted octanol–water partition coefficient (Wildman–Crippen LogP) is 2.73. The molecule has 0 fully saturated rings. The van der Waals surface area contributed by atoms with Crippen LogP contribution in [0.5, 0.6) is 5.75 Å². The van der Waals surface area contributed by atoms with Gasteiger partial charge >= 0.3 is 0 Å². The van der Waals surface area contributed by atoms with Crippen molar-refractivity contribution in [3.63, 3.8) is 0 Å². The molecule has 66 valence electrons. The average molecular weight is 192 g/mol. The molecule has 0 amide bonds. The van der Waals surface area contributed by atoms with Gasteiger partial charge in [0.05, 0.1) is 4.70 Å². The lowest BCUT2D eigenvalue weighted by atomic mass is 10.1. The first-order valence-corrected chi connectivity index (χ1v) is 4.76. The number of hydrogen-bond donors (Lipinski definition) is 1. The lowest BCUT2D eigenvalue weighted by molar-refractivity contribution is 0.112. The molecule has 1 aromatic carbocycles. The number of aldehydes is 1. The van der Waals surface area contributed by atoms with Gasteiger partial charge in [-0.15, -0.1) is 11.3 Å². The molecule has 0 saturated carbocycles. The molecular formula is C10H8O2S. The summed E-state index contributed by atoms with van der Waals surface area (Å²) in [4.78, 5) is 10.6. The minimum absolute atomic E-state index is 0.258. The van der Waals surface area contributed by atoms with Crippen LogP contribution in [-0.2, 0) is 0 Å². The molecule has 0 aliphatic rings. The van der Waals surface area contributed by atoms with Gasteiger partial charge in [-0.1, -0.05) is 0 Å².